The average Bonchev–Trinajstić information content (AvgIpc) is 3.31. The number of nitrogens with one attached hydrogen (secondary N) is 2. The quantitative estimate of drug-likeness (QED) is 0.0391. The number of alkyl halides is 3. The molecule has 1 aromatic heterocycles. The van der Waals surface area contributed by atoms with Crippen LogP contribution in [0.2, 0.25) is 0 Å². The lowest BCUT2D eigenvalue weighted by molar-refractivity contribution is -0.137. The molecular formula is C51H59F3N4O7. The minimum atomic E-state index is -4.49. The van der Waals surface area contributed by atoms with Gasteiger partial charge in [0.05, 0.1) is 56.6 Å². The molecule has 14 heteroatoms. The number of ketones is 1. The number of aryl methyl sites for hydroxylation is 2. The van der Waals surface area contributed by atoms with Crippen molar-refractivity contribution in [3.8, 4) is 11.3 Å². The third-order valence-electron chi connectivity index (χ3n) is 10.5. The summed E-state index contributed by atoms with van der Waals surface area (Å²) < 4.78 is 62.2. The molecule has 0 saturated carbocycles. The van der Waals surface area contributed by atoms with E-state index in [0.29, 0.717) is 100 Å². The van der Waals surface area contributed by atoms with Crippen LogP contribution in [0.1, 0.15) is 86.4 Å². The molecule has 0 spiro atoms. The predicted molar refractivity (Wildman–Crippen MR) is 247 cm³/mol. The van der Waals surface area contributed by atoms with Gasteiger partial charge in [0.25, 0.3) is 11.8 Å². The van der Waals surface area contributed by atoms with E-state index in [2.05, 4.69) is 20.5 Å². The fraction of sp³-hybridized carbons (Fsp3) is 0.373. The number of carbonyl (C=O) groups is 3. The summed E-state index contributed by atoms with van der Waals surface area (Å²) in [5, 5.41) is 5.75. The standard InChI is InChI=1S/C51H59F3N4O7/c1-4-58(5-2)44-19-20-46(45(35-44)47-34-42(21-22-55-47)49(60)56-36-39-13-8-17-43(33-39)51(52,53)54)57-50(61)41-16-7-12-38(32-41)14-9-23-62-25-27-64-29-30-65-28-26-63-24-10-18-48(59)40-15-6-11-37(3)31-40/h6-8,11-13,15-17,19-22,31-35H,4-5,9-10,14,18,23-30,36H2,1-3H3,(H,56,60)(H,57,61). The molecule has 0 radical (unpaired) electrons. The van der Waals surface area contributed by atoms with E-state index in [1.165, 1.54) is 24.4 Å². The molecule has 346 valence electrons. The first-order chi connectivity index (χ1) is 31.4. The highest BCUT2D eigenvalue weighted by Crippen LogP contribution is 2.33. The van der Waals surface area contributed by atoms with E-state index in [9.17, 15) is 27.6 Å². The summed E-state index contributed by atoms with van der Waals surface area (Å²) in [6.45, 7) is 11.2. The minimum absolute atomic E-state index is 0.0984. The van der Waals surface area contributed by atoms with E-state index in [0.717, 1.165) is 54.0 Å². The second kappa shape index (κ2) is 26.1. The highest BCUT2D eigenvalue weighted by Gasteiger charge is 2.30. The molecule has 5 aromatic rings. The first-order valence-electron chi connectivity index (χ1n) is 22.1. The van der Waals surface area contributed by atoms with Crippen LogP contribution in [-0.4, -0.2) is 88.5 Å². The van der Waals surface area contributed by atoms with Gasteiger partial charge < -0.3 is 34.5 Å². The lowest BCUT2D eigenvalue weighted by atomic mass is 10.0. The van der Waals surface area contributed by atoms with Gasteiger partial charge in [0.1, 0.15) is 0 Å². The molecule has 65 heavy (non-hydrogen) atoms. The molecule has 2 amide bonds. The maximum Gasteiger partial charge on any atom is 0.416 e. The third kappa shape index (κ3) is 16.5. The van der Waals surface area contributed by atoms with Crippen LogP contribution in [0.4, 0.5) is 24.5 Å². The van der Waals surface area contributed by atoms with Crippen LogP contribution in [0.15, 0.2) is 109 Å². The Morgan fingerprint density at radius 2 is 1.28 bits per heavy atom. The zero-order chi connectivity index (χ0) is 46.4. The molecule has 0 atom stereocenters. The number of pyridine rings is 1. The van der Waals surface area contributed by atoms with E-state index in [1.54, 1.807) is 12.1 Å². The van der Waals surface area contributed by atoms with Gasteiger partial charge in [0.2, 0.25) is 0 Å². The number of rotatable bonds is 27. The van der Waals surface area contributed by atoms with Gasteiger partial charge in [0, 0.05) is 73.4 Å². The largest absolute Gasteiger partial charge is 0.416 e. The van der Waals surface area contributed by atoms with Crippen LogP contribution in [0.25, 0.3) is 11.3 Å². The van der Waals surface area contributed by atoms with E-state index in [4.69, 9.17) is 18.9 Å². The summed E-state index contributed by atoms with van der Waals surface area (Å²) >= 11 is 0. The molecule has 0 aliphatic carbocycles. The number of aromatic nitrogens is 1. The summed E-state index contributed by atoms with van der Waals surface area (Å²) in [5.74, 6) is -0.670. The number of carbonyl (C=O) groups excluding carboxylic acids is 3. The lowest BCUT2D eigenvalue weighted by Crippen LogP contribution is -2.23. The number of ether oxygens (including phenoxy) is 4. The molecule has 0 bridgehead atoms. The third-order valence-corrected chi connectivity index (χ3v) is 10.5. The Labute approximate surface area is 379 Å². The topological polar surface area (TPSA) is 128 Å². The van der Waals surface area contributed by atoms with Crippen molar-refractivity contribution in [2.75, 3.05) is 76.2 Å². The first kappa shape index (κ1) is 50.1. The van der Waals surface area contributed by atoms with Crippen molar-refractivity contribution in [3.63, 3.8) is 0 Å². The average molecular weight is 897 g/mol. The summed E-state index contributed by atoms with van der Waals surface area (Å²) in [6, 6.07) is 28.7. The van der Waals surface area contributed by atoms with E-state index >= 15 is 0 Å². The van der Waals surface area contributed by atoms with Crippen LogP contribution in [-0.2, 0) is 38.1 Å². The number of hydrogen-bond acceptors (Lipinski definition) is 9. The van der Waals surface area contributed by atoms with Crippen molar-refractivity contribution < 1.29 is 46.5 Å². The summed E-state index contributed by atoms with van der Waals surface area (Å²) in [6.07, 6.45) is -0.426. The second-order valence-electron chi connectivity index (χ2n) is 15.3. The molecule has 11 nitrogen and oxygen atoms in total. The zero-order valence-electron chi connectivity index (χ0n) is 37.4. The van der Waals surface area contributed by atoms with Crippen LogP contribution in [0, 0.1) is 6.92 Å². The molecular weight excluding hydrogens is 838 g/mol. The van der Waals surface area contributed by atoms with Gasteiger partial charge in [-0.1, -0.05) is 48.0 Å². The van der Waals surface area contributed by atoms with Crippen molar-refractivity contribution in [2.45, 2.75) is 59.2 Å². The van der Waals surface area contributed by atoms with Gasteiger partial charge in [-0.15, -0.1) is 0 Å². The van der Waals surface area contributed by atoms with Gasteiger partial charge in [0.15, 0.2) is 5.78 Å². The van der Waals surface area contributed by atoms with Gasteiger partial charge >= 0.3 is 6.18 Å². The smallest absolute Gasteiger partial charge is 0.379 e. The molecule has 0 saturated heterocycles. The fourth-order valence-electron chi connectivity index (χ4n) is 7.00. The number of amides is 2. The van der Waals surface area contributed by atoms with E-state index in [-0.39, 0.29) is 23.8 Å². The lowest BCUT2D eigenvalue weighted by Gasteiger charge is -2.23. The Balaban J connectivity index is 1.03. The number of hydrogen-bond donors (Lipinski definition) is 2. The molecule has 0 aliphatic heterocycles. The van der Waals surface area contributed by atoms with Gasteiger partial charge in [-0.05, 0) is 112 Å². The molecule has 0 aliphatic rings. The monoisotopic (exact) mass is 896 g/mol. The first-order valence-corrected chi connectivity index (χ1v) is 22.1. The Kier molecular flexibility index (Phi) is 20.1. The number of anilines is 2. The van der Waals surface area contributed by atoms with E-state index in [1.807, 2.05) is 81.4 Å². The molecule has 1 heterocycles. The molecule has 0 fully saturated rings. The zero-order valence-corrected chi connectivity index (χ0v) is 37.4. The van der Waals surface area contributed by atoms with Gasteiger partial charge in [-0.2, -0.15) is 13.2 Å². The maximum atomic E-state index is 13.7. The van der Waals surface area contributed by atoms with Crippen molar-refractivity contribution in [1.29, 1.82) is 0 Å². The fourth-order valence-corrected chi connectivity index (χ4v) is 7.00. The van der Waals surface area contributed by atoms with Crippen molar-refractivity contribution in [2.24, 2.45) is 0 Å². The maximum absolute atomic E-state index is 13.7. The Morgan fingerprint density at radius 1 is 0.646 bits per heavy atom. The normalized spacial score (nSPS) is 11.4. The van der Waals surface area contributed by atoms with Crippen molar-refractivity contribution in [1.82, 2.24) is 10.3 Å². The second-order valence-corrected chi connectivity index (χ2v) is 15.3. The SMILES string of the molecule is CCN(CC)c1ccc(NC(=O)c2cccc(CCCOCCOCCOCCOCCCC(=O)c3cccc(C)c3)c2)c(-c2cc(C(=O)NCc3cccc(C(F)(F)F)c3)ccn2)c1. The summed E-state index contributed by atoms with van der Waals surface area (Å²) in [7, 11) is 0. The van der Waals surface area contributed by atoms with Crippen molar-refractivity contribution in [3.05, 3.63) is 148 Å². The number of halogens is 3. The summed E-state index contributed by atoms with van der Waals surface area (Å²) in [5.41, 5.74) is 5.50. The highest BCUT2D eigenvalue weighted by atomic mass is 19.4. The van der Waals surface area contributed by atoms with Crippen LogP contribution < -0.4 is 15.5 Å². The molecule has 4 aromatic carbocycles. The summed E-state index contributed by atoms with van der Waals surface area (Å²) in [4.78, 5) is 45.9. The van der Waals surface area contributed by atoms with Crippen molar-refractivity contribution >= 4 is 29.0 Å². The van der Waals surface area contributed by atoms with Crippen LogP contribution in [0.5, 0.6) is 0 Å². The molecule has 2 N–H and O–H groups in total. The Bertz CT molecular complexity index is 2300. The minimum Gasteiger partial charge on any atom is -0.379 e. The predicted octanol–water partition coefficient (Wildman–Crippen LogP) is 9.77. The highest BCUT2D eigenvalue weighted by molar-refractivity contribution is 6.06. The molecule has 5 rings (SSSR count). The number of benzene rings is 4. The molecule has 0 unspecified atom stereocenters. The number of Topliss-reactive ketones (excluding diaryl/α,β-unsaturated/α-hetero) is 1. The van der Waals surface area contributed by atoms with E-state index < -0.39 is 17.6 Å². The number of nitrogens with zero attached hydrogens (tertiary/aromatic N) is 2. The van der Waals surface area contributed by atoms with Gasteiger partial charge in [-0.3, -0.25) is 19.4 Å². The van der Waals surface area contributed by atoms with Crippen LogP contribution in [0.3, 0.4) is 0 Å². The Hall–Kier alpha value is -5.93. The Morgan fingerprint density at radius 3 is 1.97 bits per heavy atom. The van der Waals surface area contributed by atoms with Crippen LogP contribution >= 0.6 is 0 Å². The van der Waals surface area contributed by atoms with Gasteiger partial charge in [-0.25, -0.2) is 0 Å².